The number of fused-ring (bicyclic) bond motifs is 5. The lowest BCUT2D eigenvalue weighted by molar-refractivity contribution is -0.159. The van der Waals surface area contributed by atoms with Crippen LogP contribution in [-0.4, -0.2) is 45.6 Å². The number of hydrogen-bond acceptors (Lipinski definition) is 4. The van der Waals surface area contributed by atoms with Crippen molar-refractivity contribution >= 4 is 23.5 Å². The highest BCUT2D eigenvalue weighted by molar-refractivity contribution is 6.30. The van der Waals surface area contributed by atoms with E-state index in [0.717, 1.165) is 24.7 Å². The first-order valence-electron chi connectivity index (χ1n) is 8.11. The van der Waals surface area contributed by atoms with Crippen LogP contribution < -0.4 is 0 Å². The third-order valence-electron chi connectivity index (χ3n) is 4.35. The van der Waals surface area contributed by atoms with E-state index in [1.54, 1.807) is 0 Å². The van der Waals surface area contributed by atoms with Crippen molar-refractivity contribution in [1.29, 1.82) is 0 Å². The molecule has 0 aliphatic carbocycles. The number of rotatable bonds is 2. The summed E-state index contributed by atoms with van der Waals surface area (Å²) in [5, 5.41) is 15.6. The van der Waals surface area contributed by atoms with Gasteiger partial charge in [-0.05, 0) is 28.8 Å². The van der Waals surface area contributed by atoms with E-state index in [1.807, 2.05) is 6.07 Å². The molecule has 4 rings (SSSR count). The first-order valence-corrected chi connectivity index (χ1v) is 8.49. The molecule has 2 aliphatic rings. The van der Waals surface area contributed by atoms with Gasteiger partial charge in [0.2, 0.25) is 0 Å². The maximum atomic E-state index is 9.10. The Morgan fingerprint density at radius 2 is 1.59 bits per heavy atom. The van der Waals surface area contributed by atoms with Gasteiger partial charge in [0.15, 0.2) is 0 Å². The predicted octanol–water partition coefficient (Wildman–Crippen LogP) is 2.30. The van der Waals surface area contributed by atoms with Gasteiger partial charge >= 0.3 is 11.9 Å². The number of benzene rings is 2. The van der Waals surface area contributed by atoms with E-state index in [2.05, 4.69) is 47.4 Å². The minimum atomic E-state index is -1.82. The topological polar surface area (TPSA) is 119 Å². The van der Waals surface area contributed by atoms with E-state index in [9.17, 15) is 0 Å². The van der Waals surface area contributed by atoms with E-state index in [0.29, 0.717) is 0 Å². The molecule has 2 atom stereocenters. The largest absolute Gasteiger partial charge is 0.473 e. The highest BCUT2D eigenvalue weighted by Crippen LogP contribution is 2.44. The Kier molecular flexibility index (Phi) is 6.92. The highest BCUT2D eigenvalue weighted by Gasteiger charge is 2.38. The zero-order valence-electron chi connectivity index (χ0n) is 14.3. The average molecular weight is 394 g/mol. The quantitative estimate of drug-likeness (QED) is 0.755. The molecule has 2 unspecified atom stereocenters. The van der Waals surface area contributed by atoms with Crippen LogP contribution in [0.15, 0.2) is 48.5 Å². The van der Waals surface area contributed by atoms with Gasteiger partial charge in [0.1, 0.15) is 0 Å². The minimum Gasteiger partial charge on any atom is -0.473 e. The summed E-state index contributed by atoms with van der Waals surface area (Å²) in [6.07, 6.45) is 0.371. The molecule has 2 bridgehead atoms. The van der Waals surface area contributed by atoms with E-state index in [-0.39, 0.29) is 17.7 Å². The molecule has 8 heteroatoms. The Labute approximate surface area is 161 Å². The Bertz CT molecular complexity index is 801. The van der Waals surface area contributed by atoms with Crippen molar-refractivity contribution < 1.29 is 30.0 Å². The standard InChI is InChI=1S/C17H16ClNO.C2H2O4.H2O/c18-13-6-7-14-15(8-13)17-11-19(10-16(14)20-17)9-12-4-2-1-3-5-12;3-1(4)2(5)6;/h1-8,16-17H,9-11H2;(H,3,4)(H,5,6);1H2. The van der Waals surface area contributed by atoms with E-state index < -0.39 is 11.9 Å². The molecule has 2 heterocycles. The van der Waals surface area contributed by atoms with Crippen molar-refractivity contribution in [3.05, 3.63) is 70.2 Å². The van der Waals surface area contributed by atoms with Crippen LogP contribution in [-0.2, 0) is 20.9 Å². The fourth-order valence-electron chi connectivity index (χ4n) is 3.26. The molecule has 7 nitrogen and oxygen atoms in total. The molecule has 144 valence electrons. The van der Waals surface area contributed by atoms with Gasteiger partial charge < -0.3 is 20.4 Å². The lowest BCUT2D eigenvalue weighted by Gasteiger charge is -2.32. The van der Waals surface area contributed by atoms with Crippen LogP contribution in [0.3, 0.4) is 0 Å². The zero-order valence-corrected chi connectivity index (χ0v) is 15.1. The van der Waals surface area contributed by atoms with Crippen molar-refractivity contribution in [2.45, 2.75) is 18.8 Å². The van der Waals surface area contributed by atoms with E-state index in [4.69, 9.17) is 36.1 Å². The molecular formula is C19H20ClNO6. The van der Waals surface area contributed by atoms with Crippen LogP contribution in [0.1, 0.15) is 28.9 Å². The Morgan fingerprint density at radius 3 is 2.19 bits per heavy atom. The number of morpholine rings is 1. The highest BCUT2D eigenvalue weighted by atomic mass is 35.5. The summed E-state index contributed by atoms with van der Waals surface area (Å²) >= 11 is 6.11. The van der Waals surface area contributed by atoms with Gasteiger partial charge in [0.25, 0.3) is 0 Å². The van der Waals surface area contributed by atoms with Crippen LogP contribution in [0.5, 0.6) is 0 Å². The number of halogens is 1. The van der Waals surface area contributed by atoms with Gasteiger partial charge in [-0.15, -0.1) is 0 Å². The van der Waals surface area contributed by atoms with Crippen LogP contribution in [0.25, 0.3) is 0 Å². The van der Waals surface area contributed by atoms with Crippen molar-refractivity contribution in [1.82, 2.24) is 4.90 Å². The van der Waals surface area contributed by atoms with Gasteiger partial charge in [-0.25, -0.2) is 9.59 Å². The van der Waals surface area contributed by atoms with E-state index in [1.165, 1.54) is 16.7 Å². The fraction of sp³-hybridized carbons (Fsp3) is 0.263. The van der Waals surface area contributed by atoms with Gasteiger partial charge in [0.05, 0.1) is 12.2 Å². The van der Waals surface area contributed by atoms with Crippen LogP contribution >= 0.6 is 11.6 Å². The van der Waals surface area contributed by atoms with Gasteiger partial charge in [-0.3, -0.25) is 4.90 Å². The molecule has 0 spiro atoms. The van der Waals surface area contributed by atoms with Crippen molar-refractivity contribution in [3.63, 3.8) is 0 Å². The molecule has 2 aromatic carbocycles. The number of hydrogen-bond donors (Lipinski definition) is 2. The van der Waals surface area contributed by atoms with Crippen LogP contribution in [0.4, 0.5) is 0 Å². The van der Waals surface area contributed by atoms with Gasteiger partial charge in [0, 0.05) is 24.7 Å². The number of carbonyl (C=O) groups is 2. The summed E-state index contributed by atoms with van der Waals surface area (Å²) in [5.41, 5.74) is 3.95. The predicted molar refractivity (Wildman–Crippen MR) is 98.6 cm³/mol. The second kappa shape index (κ2) is 8.96. The molecule has 2 aliphatic heterocycles. The number of carboxylic acid groups (broad SMARTS) is 2. The molecule has 1 saturated heterocycles. The van der Waals surface area contributed by atoms with Crippen molar-refractivity contribution in [2.24, 2.45) is 0 Å². The second-order valence-electron chi connectivity index (χ2n) is 6.18. The summed E-state index contributed by atoms with van der Waals surface area (Å²) in [6, 6.07) is 16.8. The molecule has 0 amide bonds. The lowest BCUT2D eigenvalue weighted by Crippen LogP contribution is -2.35. The normalized spacial score (nSPS) is 19.9. The summed E-state index contributed by atoms with van der Waals surface area (Å²) < 4.78 is 6.09. The number of aliphatic carboxylic acids is 2. The maximum absolute atomic E-state index is 9.10. The third kappa shape index (κ3) is 5.05. The molecule has 27 heavy (non-hydrogen) atoms. The van der Waals surface area contributed by atoms with Crippen molar-refractivity contribution in [3.8, 4) is 0 Å². The Balaban J connectivity index is 0.000000329. The first-order chi connectivity index (χ1) is 12.4. The molecule has 4 N–H and O–H groups in total. The maximum Gasteiger partial charge on any atom is 0.414 e. The monoisotopic (exact) mass is 393 g/mol. The molecule has 0 aromatic heterocycles. The zero-order chi connectivity index (χ0) is 18.7. The molecule has 2 aromatic rings. The Morgan fingerprint density at radius 1 is 1.00 bits per heavy atom. The molecule has 0 radical (unpaired) electrons. The number of ether oxygens (including phenoxy) is 1. The first kappa shape index (κ1) is 20.9. The summed E-state index contributed by atoms with van der Waals surface area (Å²) in [7, 11) is 0. The molecule has 0 saturated carbocycles. The van der Waals surface area contributed by atoms with Crippen molar-refractivity contribution in [2.75, 3.05) is 13.1 Å². The fourth-order valence-corrected chi connectivity index (χ4v) is 3.44. The lowest BCUT2D eigenvalue weighted by atomic mass is 10.0. The summed E-state index contributed by atoms with van der Waals surface area (Å²) in [6.45, 7) is 2.89. The minimum absolute atomic E-state index is 0. The summed E-state index contributed by atoms with van der Waals surface area (Å²) in [5.74, 6) is -3.65. The number of nitrogens with zero attached hydrogens (tertiary/aromatic N) is 1. The Hall–Kier alpha value is -2.45. The van der Waals surface area contributed by atoms with E-state index >= 15 is 0 Å². The van der Waals surface area contributed by atoms with Gasteiger partial charge in [-0.1, -0.05) is 48.0 Å². The smallest absolute Gasteiger partial charge is 0.414 e. The third-order valence-corrected chi connectivity index (χ3v) is 4.59. The van der Waals surface area contributed by atoms with Crippen LogP contribution in [0, 0.1) is 0 Å². The summed E-state index contributed by atoms with van der Waals surface area (Å²) in [4.78, 5) is 20.7. The van der Waals surface area contributed by atoms with Crippen LogP contribution in [0.2, 0.25) is 5.02 Å². The second-order valence-corrected chi connectivity index (χ2v) is 6.61. The van der Waals surface area contributed by atoms with Gasteiger partial charge in [-0.2, -0.15) is 0 Å². The molecular weight excluding hydrogens is 374 g/mol. The molecule has 1 fully saturated rings. The number of carboxylic acids is 2. The SMILES string of the molecule is Clc1ccc2c(c1)C1CN(Cc3ccccc3)CC2O1.O.O=C(O)C(=O)O. The average Bonchev–Trinajstić information content (AvgIpc) is 2.86.